The van der Waals surface area contributed by atoms with Gasteiger partial charge in [-0.2, -0.15) is 0 Å². The average molecular weight is 511 g/mol. The minimum atomic E-state index is -0.0849. The zero-order chi connectivity index (χ0) is 25.5. The summed E-state index contributed by atoms with van der Waals surface area (Å²) in [5.74, 6) is 0.287. The van der Waals surface area contributed by atoms with Crippen molar-refractivity contribution in [1.82, 2.24) is 9.88 Å². The van der Waals surface area contributed by atoms with E-state index < -0.39 is 0 Å². The largest absolute Gasteiger partial charge is 0.466 e. The number of Topliss-reactive ketones (excluding diaryl/α,β-unsaturated/α-hetero) is 2. The number of hydrogen-bond acceptors (Lipinski definition) is 7. The normalized spacial score (nSPS) is 18.9. The zero-order valence-electron chi connectivity index (χ0n) is 21.6. The standard InChI is InChI=1S/C29H38N2O4S/c1-3-35-29(34)23-9-6-13-31(18-23)14-12-24-19-36-27(30-24)17-25(32)16-22-11-10-20(2)15-26(22)28(33)21-7-4-5-8-21/h10-11,15,19,21,23H,3-9,12-14,16-18H2,1-2H3/t23-/m0/s1. The van der Waals surface area contributed by atoms with Gasteiger partial charge in [0.15, 0.2) is 5.78 Å². The zero-order valence-corrected chi connectivity index (χ0v) is 22.4. The first-order valence-electron chi connectivity index (χ1n) is 13.4. The molecule has 1 atom stereocenters. The highest BCUT2D eigenvalue weighted by Crippen LogP contribution is 2.30. The van der Waals surface area contributed by atoms with Crippen LogP contribution >= 0.6 is 11.3 Å². The smallest absolute Gasteiger partial charge is 0.310 e. The van der Waals surface area contributed by atoms with Crippen LogP contribution < -0.4 is 0 Å². The molecule has 0 unspecified atom stereocenters. The highest BCUT2D eigenvalue weighted by molar-refractivity contribution is 7.09. The van der Waals surface area contributed by atoms with Gasteiger partial charge >= 0.3 is 5.97 Å². The van der Waals surface area contributed by atoms with Crippen LogP contribution in [0, 0.1) is 18.8 Å². The van der Waals surface area contributed by atoms with Crippen molar-refractivity contribution in [1.29, 1.82) is 0 Å². The molecule has 2 aromatic rings. The second-order valence-electron chi connectivity index (χ2n) is 10.3. The number of nitrogens with zero attached hydrogens (tertiary/aromatic N) is 2. The van der Waals surface area contributed by atoms with Crippen LogP contribution in [0.2, 0.25) is 0 Å². The van der Waals surface area contributed by atoms with E-state index in [0.717, 1.165) is 92.0 Å². The second-order valence-corrected chi connectivity index (χ2v) is 11.2. The first-order chi connectivity index (χ1) is 17.4. The maximum absolute atomic E-state index is 13.1. The van der Waals surface area contributed by atoms with Crippen LogP contribution in [0.1, 0.15) is 77.6 Å². The van der Waals surface area contributed by atoms with Gasteiger partial charge in [-0.3, -0.25) is 14.4 Å². The van der Waals surface area contributed by atoms with Gasteiger partial charge in [-0.05, 0) is 57.7 Å². The Hall–Kier alpha value is -2.38. The topological polar surface area (TPSA) is 76.6 Å². The Balaban J connectivity index is 1.30. The van der Waals surface area contributed by atoms with E-state index >= 15 is 0 Å². The van der Waals surface area contributed by atoms with Crippen molar-refractivity contribution in [3.8, 4) is 0 Å². The number of benzene rings is 1. The highest BCUT2D eigenvalue weighted by atomic mass is 32.1. The molecule has 2 aliphatic rings. The molecule has 1 saturated heterocycles. The molecule has 0 amide bonds. The first kappa shape index (κ1) is 26.7. The van der Waals surface area contributed by atoms with Crippen molar-refractivity contribution in [3.05, 3.63) is 51.0 Å². The Morgan fingerprint density at radius 2 is 1.86 bits per heavy atom. The predicted molar refractivity (Wildman–Crippen MR) is 141 cm³/mol. The molecule has 2 heterocycles. The molecule has 1 aliphatic carbocycles. The first-order valence-corrected chi connectivity index (χ1v) is 14.3. The van der Waals surface area contributed by atoms with Gasteiger partial charge in [0.1, 0.15) is 10.8 Å². The van der Waals surface area contributed by atoms with Gasteiger partial charge in [-0.15, -0.1) is 11.3 Å². The lowest BCUT2D eigenvalue weighted by atomic mass is 9.90. The molecule has 0 radical (unpaired) electrons. The van der Waals surface area contributed by atoms with Crippen molar-refractivity contribution in [3.63, 3.8) is 0 Å². The third-order valence-corrected chi connectivity index (χ3v) is 8.30. The van der Waals surface area contributed by atoms with E-state index in [2.05, 4.69) is 4.90 Å². The van der Waals surface area contributed by atoms with E-state index in [1.165, 1.54) is 11.3 Å². The average Bonchev–Trinajstić information content (AvgIpc) is 3.56. The maximum atomic E-state index is 13.1. The molecule has 1 aliphatic heterocycles. The third kappa shape index (κ3) is 7.10. The predicted octanol–water partition coefficient (Wildman–Crippen LogP) is 5.00. The number of aryl methyl sites for hydroxylation is 1. The molecule has 1 aromatic heterocycles. The number of likely N-dealkylation sites (tertiary alicyclic amines) is 1. The highest BCUT2D eigenvalue weighted by Gasteiger charge is 2.27. The Kier molecular flexibility index (Phi) is 9.43. The molecule has 4 rings (SSSR count). The van der Waals surface area contributed by atoms with Crippen LogP contribution in [0.4, 0.5) is 0 Å². The number of carbonyl (C=O) groups excluding carboxylic acids is 3. The number of carbonyl (C=O) groups is 3. The Morgan fingerprint density at radius 1 is 1.08 bits per heavy atom. The monoisotopic (exact) mass is 510 g/mol. The number of hydrogen-bond donors (Lipinski definition) is 0. The fourth-order valence-corrected chi connectivity index (χ4v) is 6.31. The molecule has 0 N–H and O–H groups in total. The second kappa shape index (κ2) is 12.7. The van der Waals surface area contributed by atoms with E-state index in [1.54, 1.807) is 0 Å². The number of piperidine rings is 1. The minimum absolute atomic E-state index is 0.0328. The molecule has 2 fully saturated rings. The maximum Gasteiger partial charge on any atom is 0.310 e. The van der Waals surface area contributed by atoms with Crippen molar-refractivity contribution in [2.45, 2.75) is 71.6 Å². The SMILES string of the molecule is CCOC(=O)[C@H]1CCCN(CCc2csc(CC(=O)Cc3ccc(C)cc3C(=O)C3CCCC3)n2)C1. The number of ketones is 2. The van der Waals surface area contributed by atoms with Gasteiger partial charge in [0.2, 0.25) is 0 Å². The van der Waals surface area contributed by atoms with E-state index in [0.29, 0.717) is 13.0 Å². The van der Waals surface area contributed by atoms with Gasteiger partial charge < -0.3 is 9.64 Å². The molecule has 6 nitrogen and oxygen atoms in total. The van der Waals surface area contributed by atoms with Crippen LogP contribution in [0.25, 0.3) is 0 Å². The van der Waals surface area contributed by atoms with Crippen molar-refractivity contribution in [2.24, 2.45) is 11.8 Å². The summed E-state index contributed by atoms with van der Waals surface area (Å²) in [6.07, 6.45) is 7.43. The van der Waals surface area contributed by atoms with Crippen LogP contribution in [0.3, 0.4) is 0 Å². The van der Waals surface area contributed by atoms with Crippen molar-refractivity contribution < 1.29 is 19.1 Å². The lowest BCUT2D eigenvalue weighted by Crippen LogP contribution is -2.40. The molecular formula is C29H38N2O4S. The van der Waals surface area contributed by atoms with Crippen LogP contribution in [-0.4, -0.2) is 53.7 Å². The molecule has 0 bridgehead atoms. The summed E-state index contributed by atoms with van der Waals surface area (Å²) in [6.45, 7) is 6.85. The summed E-state index contributed by atoms with van der Waals surface area (Å²) in [7, 11) is 0. The van der Waals surface area contributed by atoms with Gasteiger partial charge in [-0.1, -0.05) is 30.5 Å². The van der Waals surface area contributed by atoms with Gasteiger partial charge in [0.05, 0.1) is 24.6 Å². The van der Waals surface area contributed by atoms with Crippen LogP contribution in [-0.2, 0) is 33.6 Å². The quantitative estimate of drug-likeness (QED) is 0.313. The minimum Gasteiger partial charge on any atom is -0.466 e. The van der Waals surface area contributed by atoms with E-state index in [1.807, 2.05) is 37.4 Å². The summed E-state index contributed by atoms with van der Waals surface area (Å²) >= 11 is 1.53. The molecule has 194 valence electrons. The van der Waals surface area contributed by atoms with Gasteiger partial charge in [0.25, 0.3) is 0 Å². The number of rotatable bonds is 11. The van der Waals surface area contributed by atoms with Crippen molar-refractivity contribution >= 4 is 28.9 Å². The Labute approximate surface area is 218 Å². The van der Waals surface area contributed by atoms with E-state index in [9.17, 15) is 14.4 Å². The van der Waals surface area contributed by atoms with E-state index in [4.69, 9.17) is 9.72 Å². The summed E-state index contributed by atoms with van der Waals surface area (Å²) < 4.78 is 5.20. The summed E-state index contributed by atoms with van der Waals surface area (Å²) in [6, 6.07) is 5.89. The van der Waals surface area contributed by atoms with Crippen molar-refractivity contribution in [2.75, 3.05) is 26.2 Å². The fraction of sp³-hybridized carbons (Fsp3) is 0.586. The van der Waals surface area contributed by atoms with Gasteiger partial charge in [0, 0.05) is 42.8 Å². The Bertz CT molecular complexity index is 1070. The number of esters is 1. The Morgan fingerprint density at radius 3 is 2.64 bits per heavy atom. The summed E-state index contributed by atoms with van der Waals surface area (Å²) in [5, 5.41) is 2.87. The molecule has 36 heavy (non-hydrogen) atoms. The molecule has 0 spiro atoms. The molecular weight excluding hydrogens is 472 g/mol. The van der Waals surface area contributed by atoms with Gasteiger partial charge in [-0.25, -0.2) is 4.98 Å². The summed E-state index contributed by atoms with van der Waals surface area (Å²) in [4.78, 5) is 45.1. The lowest BCUT2D eigenvalue weighted by Gasteiger charge is -2.31. The third-order valence-electron chi connectivity index (χ3n) is 7.40. The van der Waals surface area contributed by atoms with Crippen LogP contribution in [0.15, 0.2) is 23.6 Å². The molecule has 1 saturated carbocycles. The van der Waals surface area contributed by atoms with Crippen LogP contribution in [0.5, 0.6) is 0 Å². The summed E-state index contributed by atoms with van der Waals surface area (Å²) in [5.41, 5.74) is 3.63. The van der Waals surface area contributed by atoms with E-state index in [-0.39, 0.29) is 35.8 Å². The number of thiazole rings is 1. The number of aromatic nitrogens is 1. The molecule has 1 aromatic carbocycles. The fourth-order valence-electron chi connectivity index (χ4n) is 5.45. The number of ether oxygens (including phenoxy) is 1. The lowest BCUT2D eigenvalue weighted by molar-refractivity contribution is -0.149. The molecule has 7 heteroatoms.